The van der Waals surface area contributed by atoms with Crippen molar-refractivity contribution in [3.8, 4) is 0 Å². The summed E-state index contributed by atoms with van der Waals surface area (Å²) < 4.78 is 5.52. The second-order valence-corrected chi connectivity index (χ2v) is 11.2. The fourth-order valence-corrected chi connectivity index (χ4v) is 5.13. The summed E-state index contributed by atoms with van der Waals surface area (Å²) in [5.74, 6) is -0.672. The first-order valence-electron chi connectivity index (χ1n) is 13.3. The standard InChI is InChI=1S/C30H38N4O4/c1-20(28(36)32-17-21-14-23-10-12-31-18-25(23)15-21)33-29(37)26-16-24(22-8-6-5-7-9-22)11-13-34(26)19-27(35)38-30(2,3)4/h5-10,12,15,18,20,24,26H,11,13-14,16-17,19H2,1-4H3,(H,32,36)(H,33,37)/t20-,24-,26+/m0/s1. The summed E-state index contributed by atoms with van der Waals surface area (Å²) in [5.41, 5.74) is 3.95. The van der Waals surface area contributed by atoms with Gasteiger partial charge in [0.05, 0.1) is 12.6 Å². The van der Waals surface area contributed by atoms with Crippen LogP contribution in [-0.4, -0.2) is 65.0 Å². The molecule has 0 unspecified atom stereocenters. The zero-order valence-electron chi connectivity index (χ0n) is 22.7. The van der Waals surface area contributed by atoms with Gasteiger partial charge in [0.1, 0.15) is 11.6 Å². The smallest absolute Gasteiger partial charge is 0.320 e. The van der Waals surface area contributed by atoms with Gasteiger partial charge in [0, 0.05) is 25.5 Å². The Balaban J connectivity index is 1.37. The predicted molar refractivity (Wildman–Crippen MR) is 146 cm³/mol. The van der Waals surface area contributed by atoms with Crippen molar-refractivity contribution in [2.24, 2.45) is 0 Å². The number of amides is 2. The molecule has 2 heterocycles. The lowest BCUT2D eigenvalue weighted by Crippen LogP contribution is -2.56. The van der Waals surface area contributed by atoms with Gasteiger partial charge in [0.2, 0.25) is 11.8 Å². The Morgan fingerprint density at radius 2 is 1.92 bits per heavy atom. The Morgan fingerprint density at radius 1 is 1.16 bits per heavy atom. The van der Waals surface area contributed by atoms with Crippen LogP contribution in [0.5, 0.6) is 0 Å². The number of aromatic nitrogens is 1. The number of benzene rings is 1. The summed E-state index contributed by atoms with van der Waals surface area (Å²) in [4.78, 5) is 44.9. The lowest BCUT2D eigenvalue weighted by atomic mass is 9.85. The summed E-state index contributed by atoms with van der Waals surface area (Å²) >= 11 is 0. The molecule has 2 aromatic rings. The number of hydrogen-bond donors (Lipinski definition) is 2. The summed E-state index contributed by atoms with van der Waals surface area (Å²) in [6.07, 6.45) is 7.81. The molecule has 1 aromatic carbocycles. The molecule has 2 N–H and O–H groups in total. The van der Waals surface area contributed by atoms with Gasteiger partial charge < -0.3 is 15.4 Å². The number of rotatable bonds is 8. The molecule has 2 amide bonds. The van der Waals surface area contributed by atoms with Crippen LogP contribution in [-0.2, 0) is 25.5 Å². The number of likely N-dealkylation sites (tertiary alicyclic amines) is 1. The Labute approximate surface area is 224 Å². The number of pyridine rings is 1. The van der Waals surface area contributed by atoms with E-state index in [4.69, 9.17) is 4.74 Å². The first kappa shape index (κ1) is 27.5. The van der Waals surface area contributed by atoms with Gasteiger partial charge in [-0.3, -0.25) is 24.3 Å². The van der Waals surface area contributed by atoms with Crippen molar-refractivity contribution < 1.29 is 19.1 Å². The summed E-state index contributed by atoms with van der Waals surface area (Å²) in [6.45, 7) is 8.20. The third-order valence-electron chi connectivity index (χ3n) is 7.00. The van der Waals surface area contributed by atoms with E-state index in [2.05, 4.69) is 27.8 Å². The predicted octanol–water partition coefficient (Wildman–Crippen LogP) is 3.23. The van der Waals surface area contributed by atoms with E-state index >= 15 is 0 Å². The third-order valence-corrected chi connectivity index (χ3v) is 7.00. The molecule has 8 nitrogen and oxygen atoms in total. The molecule has 1 aliphatic carbocycles. The number of carbonyl (C=O) groups is 3. The van der Waals surface area contributed by atoms with Gasteiger partial charge in [-0.2, -0.15) is 0 Å². The van der Waals surface area contributed by atoms with Crippen LogP contribution in [0.1, 0.15) is 63.1 Å². The quantitative estimate of drug-likeness (QED) is 0.521. The van der Waals surface area contributed by atoms with Gasteiger partial charge >= 0.3 is 5.97 Å². The molecule has 0 saturated carbocycles. The van der Waals surface area contributed by atoms with Gasteiger partial charge in [0.25, 0.3) is 0 Å². The van der Waals surface area contributed by atoms with Crippen molar-refractivity contribution >= 4 is 23.9 Å². The second kappa shape index (κ2) is 11.9. The summed E-state index contributed by atoms with van der Waals surface area (Å²) in [5, 5.41) is 5.83. The molecule has 1 fully saturated rings. The molecule has 2 aliphatic rings. The average molecular weight is 519 g/mol. The minimum Gasteiger partial charge on any atom is -0.459 e. The van der Waals surface area contributed by atoms with Crippen LogP contribution in [0.2, 0.25) is 0 Å². The van der Waals surface area contributed by atoms with E-state index < -0.39 is 17.7 Å². The molecule has 1 aliphatic heterocycles. The van der Waals surface area contributed by atoms with Crippen LogP contribution in [0.15, 0.2) is 54.4 Å². The van der Waals surface area contributed by atoms with Crippen molar-refractivity contribution in [2.75, 3.05) is 19.6 Å². The molecule has 3 atom stereocenters. The fourth-order valence-electron chi connectivity index (χ4n) is 5.13. The Bertz CT molecular complexity index is 1190. The number of hydrogen-bond acceptors (Lipinski definition) is 6. The normalized spacial score (nSPS) is 20.2. The van der Waals surface area contributed by atoms with Crippen molar-refractivity contribution in [3.63, 3.8) is 0 Å². The molecule has 0 spiro atoms. The highest BCUT2D eigenvalue weighted by molar-refractivity contribution is 5.90. The molecule has 38 heavy (non-hydrogen) atoms. The zero-order chi connectivity index (χ0) is 27.3. The SMILES string of the molecule is C[C@H](NC(=O)[C@H]1C[C@@H](c2ccccc2)CCN1CC(=O)OC(C)(C)C)C(=O)NCC1=Cc2cnccc2C1. The van der Waals surface area contributed by atoms with Gasteiger partial charge in [-0.1, -0.05) is 36.4 Å². The van der Waals surface area contributed by atoms with Gasteiger partial charge in [-0.15, -0.1) is 0 Å². The van der Waals surface area contributed by atoms with E-state index in [1.54, 1.807) is 13.1 Å². The topological polar surface area (TPSA) is 101 Å². The van der Waals surface area contributed by atoms with Crippen molar-refractivity contribution in [1.29, 1.82) is 0 Å². The molecule has 1 aromatic heterocycles. The molecule has 0 radical (unpaired) electrons. The number of ether oxygens (including phenoxy) is 1. The largest absolute Gasteiger partial charge is 0.459 e. The lowest BCUT2D eigenvalue weighted by molar-refractivity contribution is -0.157. The zero-order valence-corrected chi connectivity index (χ0v) is 22.7. The van der Waals surface area contributed by atoms with Crippen molar-refractivity contribution in [1.82, 2.24) is 20.5 Å². The molecule has 4 rings (SSSR count). The van der Waals surface area contributed by atoms with Gasteiger partial charge in [-0.05, 0) is 81.2 Å². The van der Waals surface area contributed by atoms with Crippen molar-refractivity contribution in [3.05, 3.63) is 71.1 Å². The lowest BCUT2D eigenvalue weighted by Gasteiger charge is -2.39. The van der Waals surface area contributed by atoms with Crippen LogP contribution in [0.25, 0.3) is 6.08 Å². The number of esters is 1. The van der Waals surface area contributed by atoms with E-state index in [0.717, 1.165) is 24.0 Å². The maximum atomic E-state index is 13.5. The minimum absolute atomic E-state index is 0.0288. The van der Waals surface area contributed by atoms with E-state index in [1.807, 2.05) is 62.2 Å². The summed E-state index contributed by atoms with van der Waals surface area (Å²) in [7, 11) is 0. The Morgan fingerprint density at radius 3 is 2.63 bits per heavy atom. The maximum absolute atomic E-state index is 13.5. The van der Waals surface area contributed by atoms with Crippen LogP contribution < -0.4 is 10.6 Å². The van der Waals surface area contributed by atoms with Crippen LogP contribution in [0.3, 0.4) is 0 Å². The Hall–Kier alpha value is -3.52. The Kier molecular flexibility index (Phi) is 8.62. The molecular weight excluding hydrogens is 480 g/mol. The monoisotopic (exact) mass is 518 g/mol. The van der Waals surface area contributed by atoms with Gasteiger partial charge in [0.15, 0.2) is 0 Å². The van der Waals surface area contributed by atoms with Crippen LogP contribution >= 0.6 is 0 Å². The highest BCUT2D eigenvalue weighted by atomic mass is 16.6. The van der Waals surface area contributed by atoms with Crippen LogP contribution in [0, 0.1) is 0 Å². The van der Waals surface area contributed by atoms with E-state index in [0.29, 0.717) is 19.5 Å². The molecule has 8 heteroatoms. The van der Waals surface area contributed by atoms with E-state index in [-0.39, 0.29) is 30.2 Å². The molecule has 202 valence electrons. The van der Waals surface area contributed by atoms with Crippen molar-refractivity contribution in [2.45, 2.75) is 70.6 Å². The fraction of sp³-hybridized carbons (Fsp3) is 0.467. The minimum atomic E-state index is -0.714. The molecular formula is C30H38N4O4. The highest BCUT2D eigenvalue weighted by Crippen LogP contribution is 2.32. The number of nitrogens with one attached hydrogen (secondary N) is 2. The first-order chi connectivity index (χ1) is 18.1. The maximum Gasteiger partial charge on any atom is 0.320 e. The second-order valence-electron chi connectivity index (χ2n) is 11.2. The number of piperidine rings is 1. The highest BCUT2D eigenvalue weighted by Gasteiger charge is 2.36. The number of carbonyl (C=O) groups excluding carboxylic acids is 3. The van der Waals surface area contributed by atoms with E-state index in [9.17, 15) is 14.4 Å². The molecule has 0 bridgehead atoms. The van der Waals surface area contributed by atoms with Crippen LogP contribution in [0.4, 0.5) is 0 Å². The third kappa shape index (κ3) is 7.28. The van der Waals surface area contributed by atoms with E-state index in [1.165, 1.54) is 11.1 Å². The average Bonchev–Trinajstić information content (AvgIpc) is 3.30. The number of nitrogens with zero attached hydrogens (tertiary/aromatic N) is 2. The summed E-state index contributed by atoms with van der Waals surface area (Å²) in [6, 6.07) is 10.8. The van der Waals surface area contributed by atoms with Gasteiger partial charge in [-0.25, -0.2) is 0 Å². The first-order valence-corrected chi connectivity index (χ1v) is 13.3. The number of fused-ring (bicyclic) bond motifs is 1. The molecule has 1 saturated heterocycles.